The Morgan fingerprint density at radius 1 is 0.815 bits per heavy atom. The third kappa shape index (κ3) is 12.7. The first-order chi connectivity index (χ1) is 37.8. The first-order valence-corrected chi connectivity index (χ1v) is 26.5. The fourth-order valence-electron chi connectivity index (χ4n) is 11.8. The third-order valence-corrected chi connectivity index (χ3v) is 16.0. The maximum Gasteiger partial charge on any atom is 0.408 e. The Kier molecular flexibility index (Phi) is 17.8. The molecule has 25 nitrogen and oxygen atoms in total. The van der Waals surface area contributed by atoms with Gasteiger partial charge in [0.25, 0.3) is 0 Å². The zero-order chi connectivity index (χ0) is 59.7. The fraction of sp³-hybridized carbons (Fsp3) is 0.571. The Hall–Kier alpha value is -7.48. The number of amides is 5. The molecule has 3 saturated carbocycles. The second-order valence-electron chi connectivity index (χ2n) is 23.1. The number of benzene rings is 2. The van der Waals surface area contributed by atoms with E-state index in [9.17, 15) is 53.7 Å². The van der Waals surface area contributed by atoms with Crippen molar-refractivity contribution >= 4 is 59.6 Å². The molecule has 4 fully saturated rings. The van der Waals surface area contributed by atoms with Crippen LogP contribution in [-0.4, -0.2) is 153 Å². The zero-order valence-corrected chi connectivity index (χ0v) is 46.2. The summed E-state index contributed by atoms with van der Waals surface area (Å²) >= 11 is 0. The Balaban J connectivity index is 1.29. The van der Waals surface area contributed by atoms with Gasteiger partial charge in [-0.2, -0.15) is 0 Å². The molecule has 0 aromatic heterocycles. The topological polar surface area (TPSA) is 384 Å². The van der Waals surface area contributed by atoms with E-state index in [1.54, 1.807) is 69.3 Å². The van der Waals surface area contributed by atoms with Crippen LogP contribution < -0.4 is 27.4 Å². The molecular weight excluding hydrogens is 1060 g/mol. The minimum absolute atomic E-state index is 0.0128. The number of fused-ring (bicyclic) bond motifs is 5. The molecule has 10 N–H and O–H groups in total. The van der Waals surface area contributed by atoms with Crippen molar-refractivity contribution in [2.24, 2.45) is 34.1 Å². The van der Waals surface area contributed by atoms with Crippen molar-refractivity contribution in [1.29, 1.82) is 0 Å². The predicted molar refractivity (Wildman–Crippen MR) is 278 cm³/mol. The third-order valence-electron chi connectivity index (χ3n) is 16.0. The van der Waals surface area contributed by atoms with Gasteiger partial charge in [0, 0.05) is 25.2 Å². The van der Waals surface area contributed by atoms with Gasteiger partial charge >= 0.3 is 36.1 Å². The zero-order valence-electron chi connectivity index (χ0n) is 46.2. The number of aliphatic hydroxyl groups is 3. The number of hydrogen-bond acceptors (Lipinski definition) is 20. The normalized spacial score (nSPS) is 28.8. The van der Waals surface area contributed by atoms with Gasteiger partial charge in [0.1, 0.15) is 54.3 Å². The summed E-state index contributed by atoms with van der Waals surface area (Å²) in [6.07, 6.45) is -15.3. The monoisotopic (exact) mass is 1130 g/mol. The van der Waals surface area contributed by atoms with Crippen molar-refractivity contribution in [1.82, 2.24) is 16.0 Å². The summed E-state index contributed by atoms with van der Waals surface area (Å²) in [5.41, 5.74) is 1.77. The number of rotatable bonds is 19. The molecule has 25 heteroatoms. The first-order valence-electron chi connectivity index (χ1n) is 26.5. The Bertz CT molecular complexity index is 2840. The highest BCUT2D eigenvalue weighted by Gasteiger charge is 2.78. The SMILES string of the molecule is CC(=O)O[C@@]12CO[C@@H]1C[C@H](O)[C@@]1(C)C(=O)[C@H](O)C3=C(C)[C@@H](OC(=O)C(OC(=O)[C@H](CC(N)=O)NC(=O)[C@@H](CC(N)=O)NC(=O)OCc4ccccc4)[C@@H](NC(=O)OC(C)(C)C)C4CC4)C[C@@](O)([C@@H](OC(=O)c4ccccc4)[C@H]21)C3(C)C. The van der Waals surface area contributed by atoms with E-state index in [1.165, 1.54) is 39.8 Å². The second kappa shape index (κ2) is 23.5. The molecule has 5 amide bonds. The van der Waals surface area contributed by atoms with Crippen LogP contribution in [0.2, 0.25) is 0 Å². The van der Waals surface area contributed by atoms with Gasteiger partial charge in [-0.05, 0) is 82.2 Å². The van der Waals surface area contributed by atoms with Crippen molar-refractivity contribution in [3.05, 3.63) is 82.9 Å². The van der Waals surface area contributed by atoms with Crippen LogP contribution in [0.1, 0.15) is 110 Å². The molecule has 0 spiro atoms. The number of nitrogens with two attached hydrogens (primary N) is 2. The summed E-state index contributed by atoms with van der Waals surface area (Å²) in [6, 6.07) is 10.6. The molecule has 1 heterocycles. The molecule has 5 aliphatic rings. The minimum atomic E-state index is -2.56. The van der Waals surface area contributed by atoms with Crippen molar-refractivity contribution in [2.75, 3.05) is 6.61 Å². The molecule has 81 heavy (non-hydrogen) atoms. The van der Waals surface area contributed by atoms with E-state index >= 15 is 9.59 Å². The van der Waals surface area contributed by atoms with E-state index in [1.807, 2.05) is 0 Å². The van der Waals surface area contributed by atoms with Crippen LogP contribution in [0.3, 0.4) is 0 Å². The lowest BCUT2D eigenvalue weighted by Gasteiger charge is -2.67. The molecule has 1 saturated heterocycles. The van der Waals surface area contributed by atoms with Gasteiger partial charge < -0.3 is 75.9 Å². The smallest absolute Gasteiger partial charge is 0.408 e. The number of carbonyl (C=O) groups is 10. The van der Waals surface area contributed by atoms with Crippen LogP contribution in [0, 0.1) is 22.7 Å². The first kappa shape index (κ1) is 61.1. The van der Waals surface area contributed by atoms with Gasteiger partial charge in [-0.1, -0.05) is 62.4 Å². The van der Waals surface area contributed by atoms with Crippen LogP contribution in [0.25, 0.3) is 0 Å². The largest absolute Gasteiger partial charge is 0.455 e. The van der Waals surface area contributed by atoms with Crippen LogP contribution in [0.4, 0.5) is 9.59 Å². The highest BCUT2D eigenvalue weighted by Crippen LogP contribution is 2.64. The number of ketones is 1. The van der Waals surface area contributed by atoms with E-state index in [-0.39, 0.29) is 29.7 Å². The van der Waals surface area contributed by atoms with Crippen LogP contribution >= 0.6 is 0 Å². The van der Waals surface area contributed by atoms with E-state index in [0.29, 0.717) is 18.4 Å². The van der Waals surface area contributed by atoms with Gasteiger partial charge in [0.05, 0.1) is 48.5 Å². The molecule has 1 unspecified atom stereocenters. The standard InChI is InChI=1S/C56H71N5O20/c1-27-34(24-56(74)45(79-47(69)31-17-13-10-14-18-31)43-54(8,44(67)41(66)39(27)53(56,6)7)35(63)23-36-55(43,26-76-36)80-28(2)62)77-49(71)42(40(30-19-20-30)61-51(73)81-52(3,4)5)78-48(70)33(22-38(58)65)59-46(68)32(21-37(57)64)60-50(72)75-25-29-15-11-9-12-16-29/h9-18,30,32-36,40-43,45,63,66,74H,19-26H2,1-8H3,(H2,57,64)(H2,58,65)(H,59,68)(H,60,72)(H,61,73)/t32-,33+,34+,35+,36-,40+,41-,42?,43+,45+,54-,55+,56-/m1/s1. The molecular formula is C56H71N5O20. The second-order valence-corrected chi connectivity index (χ2v) is 23.1. The molecule has 13 atom stereocenters. The molecule has 7 rings (SSSR count). The van der Waals surface area contributed by atoms with Crippen LogP contribution in [0.5, 0.6) is 0 Å². The van der Waals surface area contributed by atoms with E-state index in [2.05, 4.69) is 16.0 Å². The van der Waals surface area contributed by atoms with Crippen LogP contribution in [-0.2, 0) is 73.3 Å². The molecule has 2 bridgehead atoms. The number of primary amides is 2. The Morgan fingerprint density at radius 3 is 1.98 bits per heavy atom. The summed E-state index contributed by atoms with van der Waals surface area (Å²) in [5, 5.41) is 45.3. The molecule has 1 aliphatic heterocycles. The number of nitrogens with one attached hydrogen (secondary N) is 3. The number of aliphatic hydroxyl groups excluding tert-OH is 2. The number of esters is 4. The number of ether oxygens (including phenoxy) is 7. The Labute approximate surface area is 466 Å². The quantitative estimate of drug-likeness (QED) is 0.0559. The maximum absolute atomic E-state index is 15.3. The lowest BCUT2D eigenvalue weighted by Crippen LogP contribution is -2.81. The summed E-state index contributed by atoms with van der Waals surface area (Å²) < 4.78 is 41.1. The van der Waals surface area contributed by atoms with Crippen LogP contribution in [0.15, 0.2) is 71.8 Å². The summed E-state index contributed by atoms with van der Waals surface area (Å²) in [5.74, 6) is -11.7. The molecule has 440 valence electrons. The lowest BCUT2D eigenvalue weighted by atomic mass is 9.44. The molecule has 2 aromatic carbocycles. The van der Waals surface area contributed by atoms with Gasteiger partial charge in [-0.3, -0.25) is 24.0 Å². The van der Waals surface area contributed by atoms with Crippen molar-refractivity contribution in [2.45, 2.75) is 172 Å². The average molecular weight is 1130 g/mol. The van der Waals surface area contributed by atoms with Crippen molar-refractivity contribution < 1.29 is 96.4 Å². The van der Waals surface area contributed by atoms with Crippen molar-refractivity contribution in [3.63, 3.8) is 0 Å². The van der Waals surface area contributed by atoms with Crippen molar-refractivity contribution in [3.8, 4) is 0 Å². The Morgan fingerprint density at radius 2 is 1.42 bits per heavy atom. The van der Waals surface area contributed by atoms with Gasteiger partial charge in [0.15, 0.2) is 11.4 Å². The lowest BCUT2D eigenvalue weighted by molar-refractivity contribution is -0.346. The highest BCUT2D eigenvalue weighted by atomic mass is 16.6. The fourth-order valence-corrected chi connectivity index (χ4v) is 11.8. The van der Waals surface area contributed by atoms with Gasteiger partial charge in [-0.15, -0.1) is 0 Å². The summed E-state index contributed by atoms with van der Waals surface area (Å²) in [4.78, 5) is 138. The molecule has 2 aromatic rings. The van der Waals surface area contributed by atoms with Gasteiger partial charge in [-0.25, -0.2) is 24.0 Å². The number of alkyl carbamates (subject to hydrolysis) is 2. The maximum atomic E-state index is 15.3. The number of hydrogen-bond donors (Lipinski definition) is 8. The minimum Gasteiger partial charge on any atom is -0.455 e. The summed E-state index contributed by atoms with van der Waals surface area (Å²) in [6.45, 7) is 10.8. The number of carbonyl (C=O) groups excluding carboxylic acids is 10. The van der Waals surface area contributed by atoms with E-state index in [0.717, 1.165) is 6.92 Å². The van der Waals surface area contributed by atoms with Gasteiger partial charge in [0.2, 0.25) is 23.8 Å². The highest BCUT2D eigenvalue weighted by molar-refractivity contribution is 5.96. The molecule has 4 aliphatic carbocycles. The average Bonchev–Trinajstić information content (AvgIpc) is 4.02. The predicted octanol–water partition coefficient (Wildman–Crippen LogP) is 1.38. The number of Topliss-reactive ketones (excluding diaryl/α,β-unsaturated/α-hetero) is 1. The van der Waals surface area contributed by atoms with E-state index < -0.39 is 180 Å². The summed E-state index contributed by atoms with van der Waals surface area (Å²) in [7, 11) is 0. The van der Waals surface area contributed by atoms with E-state index in [4.69, 9.17) is 44.6 Å². The molecule has 0 radical (unpaired) electrons.